The summed E-state index contributed by atoms with van der Waals surface area (Å²) in [5.74, 6) is -1.05. The van der Waals surface area contributed by atoms with Gasteiger partial charge in [0.05, 0.1) is 11.0 Å². The zero-order chi connectivity index (χ0) is 9.42. The van der Waals surface area contributed by atoms with Crippen LogP contribution in [0.5, 0.6) is 0 Å². The van der Waals surface area contributed by atoms with Gasteiger partial charge in [-0.3, -0.25) is 0 Å². The van der Waals surface area contributed by atoms with E-state index in [4.69, 9.17) is 5.11 Å². The number of aromatic amines is 1. The highest BCUT2D eigenvalue weighted by molar-refractivity contribution is 5.89. The molecule has 4 heteroatoms. The third kappa shape index (κ3) is 1.59. The molecule has 2 rings (SSSR count). The average Bonchev–Trinajstić information content (AvgIpc) is 2.46. The number of imidazole rings is 1. The van der Waals surface area contributed by atoms with Gasteiger partial charge in [-0.1, -0.05) is 13.5 Å². The lowest BCUT2D eigenvalue weighted by Gasteiger charge is -1.89. The smallest absolute Gasteiger partial charge is 0.371 e. The first-order valence-electron chi connectivity index (χ1n) is 3.86. The van der Waals surface area contributed by atoms with Gasteiger partial charge in [0.15, 0.2) is 0 Å². The number of nitrogens with zero attached hydrogens (tertiary/aromatic N) is 1. The summed E-state index contributed by atoms with van der Waals surface area (Å²) in [4.78, 5) is 17.2. The second-order valence-corrected chi connectivity index (χ2v) is 2.91. The number of carboxylic acids is 1. The predicted octanol–water partition coefficient (Wildman–Crippen LogP) is 2.21. The second-order valence-electron chi connectivity index (χ2n) is 2.91. The van der Waals surface area contributed by atoms with Crippen LogP contribution in [0.1, 0.15) is 23.6 Å². The molecule has 0 saturated carbocycles. The number of benzene rings is 1. The van der Waals surface area contributed by atoms with E-state index in [0.717, 1.165) is 11.1 Å². The number of carbonyl (C=O) groups is 1. The summed E-state index contributed by atoms with van der Waals surface area (Å²) in [6, 6.07) is 5.57. The molecule has 0 saturated heterocycles. The normalized spacial score (nSPS) is 9.79. The monoisotopic (exact) mass is 192 g/mol. The first kappa shape index (κ1) is 10.2. The van der Waals surface area contributed by atoms with Crippen LogP contribution in [0.4, 0.5) is 0 Å². The van der Waals surface area contributed by atoms with Gasteiger partial charge in [-0.25, -0.2) is 9.78 Å². The summed E-state index contributed by atoms with van der Waals surface area (Å²) in [5, 5.41) is 8.66. The molecule has 74 valence electrons. The van der Waals surface area contributed by atoms with E-state index in [1.807, 2.05) is 19.1 Å². The van der Waals surface area contributed by atoms with Gasteiger partial charge in [0.25, 0.3) is 0 Å². The van der Waals surface area contributed by atoms with Gasteiger partial charge in [0.2, 0.25) is 5.82 Å². The Labute approximate surface area is 81.6 Å². The van der Waals surface area contributed by atoms with E-state index in [1.54, 1.807) is 6.07 Å². The van der Waals surface area contributed by atoms with Crippen molar-refractivity contribution in [2.75, 3.05) is 0 Å². The van der Waals surface area contributed by atoms with Gasteiger partial charge >= 0.3 is 5.97 Å². The molecular weight excluding hydrogens is 180 g/mol. The summed E-state index contributed by atoms with van der Waals surface area (Å²) in [6.07, 6.45) is 0. The van der Waals surface area contributed by atoms with E-state index in [1.165, 1.54) is 0 Å². The molecule has 0 aliphatic heterocycles. The lowest BCUT2D eigenvalue weighted by atomic mass is 10.2. The maximum absolute atomic E-state index is 10.6. The maximum Gasteiger partial charge on any atom is 0.371 e. The quantitative estimate of drug-likeness (QED) is 0.727. The lowest BCUT2D eigenvalue weighted by Crippen LogP contribution is -1.97. The molecule has 0 amide bonds. The van der Waals surface area contributed by atoms with Crippen LogP contribution < -0.4 is 0 Å². The third-order valence-electron chi connectivity index (χ3n) is 1.84. The molecular formula is C10H12N2O2. The Morgan fingerprint density at radius 2 is 2.21 bits per heavy atom. The van der Waals surface area contributed by atoms with Crippen molar-refractivity contribution in [1.82, 2.24) is 9.97 Å². The molecule has 0 spiro atoms. The van der Waals surface area contributed by atoms with Gasteiger partial charge in [-0.2, -0.15) is 0 Å². The number of H-pyrrole nitrogens is 1. The number of aromatic nitrogens is 2. The molecule has 1 aromatic carbocycles. The molecule has 4 nitrogen and oxygen atoms in total. The molecule has 1 aromatic heterocycles. The van der Waals surface area contributed by atoms with Crippen molar-refractivity contribution in [3.63, 3.8) is 0 Å². The predicted molar refractivity (Wildman–Crippen MR) is 54.5 cm³/mol. The van der Waals surface area contributed by atoms with Crippen LogP contribution in [0.25, 0.3) is 11.0 Å². The first-order chi connectivity index (χ1) is 6.16. The number of aryl methyl sites for hydroxylation is 1. The number of hydrogen-bond donors (Lipinski definition) is 2. The Morgan fingerprint density at radius 1 is 1.50 bits per heavy atom. The fraction of sp³-hybridized carbons (Fsp3) is 0.200. The molecule has 0 aliphatic rings. The molecule has 0 bridgehead atoms. The summed E-state index contributed by atoms with van der Waals surface area (Å²) < 4.78 is 0. The highest BCUT2D eigenvalue weighted by Crippen LogP contribution is 2.12. The molecule has 14 heavy (non-hydrogen) atoms. The highest BCUT2D eigenvalue weighted by atomic mass is 16.4. The minimum absolute atomic E-state index is 0. The van der Waals surface area contributed by atoms with Crippen molar-refractivity contribution in [2.24, 2.45) is 0 Å². The molecule has 2 aromatic rings. The number of nitrogens with one attached hydrogen (secondary N) is 1. The lowest BCUT2D eigenvalue weighted by molar-refractivity contribution is 0.0685. The van der Waals surface area contributed by atoms with Crippen molar-refractivity contribution >= 4 is 17.0 Å². The van der Waals surface area contributed by atoms with Gasteiger partial charge < -0.3 is 10.1 Å². The number of fused-ring (bicyclic) bond motifs is 1. The Kier molecular flexibility index (Phi) is 2.56. The van der Waals surface area contributed by atoms with Crippen molar-refractivity contribution in [2.45, 2.75) is 14.4 Å². The van der Waals surface area contributed by atoms with Crippen LogP contribution >= 0.6 is 0 Å². The van der Waals surface area contributed by atoms with Gasteiger partial charge in [-0.15, -0.1) is 0 Å². The first-order valence-corrected chi connectivity index (χ1v) is 3.86. The Bertz CT molecular complexity index is 474. The van der Waals surface area contributed by atoms with E-state index in [-0.39, 0.29) is 13.3 Å². The standard InChI is InChI=1S/C9H8N2O2.CH4/c1-5-2-3-6-7(4-5)11-8(10-6)9(12)13;/h2-4H,1H3,(H,10,11)(H,12,13);1H4. The number of hydrogen-bond acceptors (Lipinski definition) is 2. The van der Waals surface area contributed by atoms with Crippen molar-refractivity contribution in [1.29, 1.82) is 0 Å². The SMILES string of the molecule is C.Cc1ccc2nc(C(=O)O)[nH]c2c1. The van der Waals surface area contributed by atoms with Crippen LogP contribution in [-0.2, 0) is 0 Å². The van der Waals surface area contributed by atoms with Crippen molar-refractivity contribution < 1.29 is 9.90 Å². The van der Waals surface area contributed by atoms with E-state index >= 15 is 0 Å². The minimum Gasteiger partial charge on any atom is -0.475 e. The molecule has 0 aliphatic carbocycles. The molecule has 0 radical (unpaired) electrons. The van der Waals surface area contributed by atoms with E-state index in [9.17, 15) is 4.79 Å². The number of aromatic carboxylic acids is 1. The zero-order valence-corrected chi connectivity index (χ0v) is 7.03. The van der Waals surface area contributed by atoms with Crippen molar-refractivity contribution in [3.05, 3.63) is 29.6 Å². The van der Waals surface area contributed by atoms with Crippen LogP contribution in [0.2, 0.25) is 0 Å². The van der Waals surface area contributed by atoms with Crippen LogP contribution in [-0.4, -0.2) is 21.0 Å². The van der Waals surface area contributed by atoms with Crippen LogP contribution in [0.3, 0.4) is 0 Å². The van der Waals surface area contributed by atoms with E-state index in [2.05, 4.69) is 9.97 Å². The third-order valence-corrected chi connectivity index (χ3v) is 1.84. The highest BCUT2D eigenvalue weighted by Gasteiger charge is 2.08. The van der Waals surface area contributed by atoms with E-state index < -0.39 is 5.97 Å². The molecule has 0 atom stereocenters. The van der Waals surface area contributed by atoms with Crippen LogP contribution in [0.15, 0.2) is 18.2 Å². The molecule has 0 unspecified atom stereocenters. The maximum atomic E-state index is 10.6. The fourth-order valence-electron chi connectivity index (χ4n) is 1.22. The Morgan fingerprint density at radius 3 is 2.86 bits per heavy atom. The topological polar surface area (TPSA) is 66.0 Å². The average molecular weight is 192 g/mol. The minimum atomic E-state index is -1.03. The molecule has 0 fully saturated rings. The second kappa shape index (κ2) is 3.49. The zero-order valence-electron chi connectivity index (χ0n) is 7.03. The number of rotatable bonds is 1. The van der Waals surface area contributed by atoms with Gasteiger partial charge in [0.1, 0.15) is 0 Å². The summed E-state index contributed by atoms with van der Waals surface area (Å²) in [6.45, 7) is 1.95. The van der Waals surface area contributed by atoms with E-state index in [0.29, 0.717) is 5.52 Å². The summed E-state index contributed by atoms with van der Waals surface area (Å²) in [5.41, 5.74) is 2.52. The Hall–Kier alpha value is -1.84. The summed E-state index contributed by atoms with van der Waals surface area (Å²) >= 11 is 0. The fourth-order valence-corrected chi connectivity index (χ4v) is 1.22. The molecule has 2 N–H and O–H groups in total. The largest absolute Gasteiger partial charge is 0.475 e. The van der Waals surface area contributed by atoms with Crippen LogP contribution in [0, 0.1) is 6.92 Å². The van der Waals surface area contributed by atoms with Gasteiger partial charge in [0, 0.05) is 0 Å². The van der Waals surface area contributed by atoms with Crippen molar-refractivity contribution in [3.8, 4) is 0 Å². The Balaban J connectivity index is 0.000000980. The molecule has 1 heterocycles. The summed E-state index contributed by atoms with van der Waals surface area (Å²) in [7, 11) is 0. The van der Waals surface area contributed by atoms with Gasteiger partial charge in [-0.05, 0) is 24.6 Å². The number of carboxylic acid groups (broad SMARTS) is 1.